The monoisotopic (exact) mass is 132 g/mol. The molecule has 0 aliphatic carbocycles. The van der Waals surface area contributed by atoms with Gasteiger partial charge in [-0.25, -0.2) is 0 Å². The van der Waals surface area contributed by atoms with Crippen molar-refractivity contribution in [2.45, 2.75) is 19.3 Å². The lowest BCUT2D eigenvalue weighted by atomic mass is 10.2. The fourth-order valence-electron chi connectivity index (χ4n) is 0.696. The van der Waals surface area contributed by atoms with E-state index in [9.17, 15) is 0 Å². The second-order valence-corrected chi connectivity index (χ2v) is 3.67. The molecule has 1 unspecified atom stereocenters. The van der Waals surface area contributed by atoms with Crippen molar-refractivity contribution in [3.8, 4) is 0 Å². The first-order chi connectivity index (χ1) is 3.79. The van der Waals surface area contributed by atoms with Gasteiger partial charge >= 0.3 is 0 Å². The van der Waals surface area contributed by atoms with Gasteiger partial charge in [-0.2, -0.15) is 0 Å². The summed E-state index contributed by atoms with van der Waals surface area (Å²) >= 11 is 1.90. The molecule has 0 spiro atoms. The van der Waals surface area contributed by atoms with Crippen LogP contribution >= 0.6 is 11.8 Å². The summed E-state index contributed by atoms with van der Waals surface area (Å²) in [6.07, 6.45) is 0. The van der Waals surface area contributed by atoms with Crippen molar-refractivity contribution < 1.29 is 4.74 Å². The van der Waals surface area contributed by atoms with Crippen LogP contribution in [-0.4, -0.2) is 17.8 Å². The van der Waals surface area contributed by atoms with Gasteiger partial charge in [-0.05, 0) is 12.8 Å². The Morgan fingerprint density at radius 2 is 2.25 bits per heavy atom. The molecule has 1 rings (SSSR count). The van der Waals surface area contributed by atoms with Crippen molar-refractivity contribution in [2.24, 2.45) is 5.92 Å². The number of hydrogen-bond acceptors (Lipinski definition) is 2. The molecule has 1 heterocycles. The molecule has 0 aromatic carbocycles. The van der Waals surface area contributed by atoms with Crippen molar-refractivity contribution in [3.05, 3.63) is 0 Å². The van der Waals surface area contributed by atoms with Crippen LogP contribution in [0.4, 0.5) is 0 Å². The molecule has 0 aromatic rings. The first-order valence-corrected chi connectivity index (χ1v) is 4.07. The van der Waals surface area contributed by atoms with Crippen LogP contribution in [0, 0.1) is 5.92 Å². The highest BCUT2D eigenvalue weighted by Gasteiger charge is 2.13. The second-order valence-electron chi connectivity index (χ2n) is 2.34. The van der Waals surface area contributed by atoms with Gasteiger partial charge in [-0.3, -0.25) is 0 Å². The lowest BCUT2D eigenvalue weighted by Crippen LogP contribution is -2.20. The van der Waals surface area contributed by atoms with Crippen LogP contribution in [0.25, 0.3) is 0 Å². The van der Waals surface area contributed by atoms with Gasteiger partial charge in [0.1, 0.15) is 0 Å². The number of ether oxygens (including phenoxy) is 1. The Hall–Kier alpha value is 0.310. The highest BCUT2D eigenvalue weighted by Crippen LogP contribution is 2.21. The van der Waals surface area contributed by atoms with E-state index in [-0.39, 0.29) is 0 Å². The minimum absolute atomic E-state index is 0.436. The summed E-state index contributed by atoms with van der Waals surface area (Å²) in [7, 11) is 0. The van der Waals surface area contributed by atoms with E-state index in [1.165, 1.54) is 5.75 Å². The van der Waals surface area contributed by atoms with E-state index >= 15 is 0 Å². The molecule has 0 N–H and O–H groups in total. The fourth-order valence-corrected chi connectivity index (χ4v) is 1.57. The fraction of sp³-hybridized carbons (Fsp3) is 1.00. The molecule has 1 aliphatic heterocycles. The van der Waals surface area contributed by atoms with Crippen LogP contribution in [-0.2, 0) is 4.74 Å². The molecule has 2 atom stereocenters. The van der Waals surface area contributed by atoms with Gasteiger partial charge in [0.2, 0.25) is 0 Å². The summed E-state index contributed by atoms with van der Waals surface area (Å²) in [5.74, 6) is 2.03. The zero-order chi connectivity index (χ0) is 5.98. The molecule has 8 heavy (non-hydrogen) atoms. The minimum atomic E-state index is 0.436. The first-order valence-electron chi connectivity index (χ1n) is 3.02. The Labute approximate surface area is 54.8 Å². The third-order valence-corrected chi connectivity index (χ3v) is 2.60. The van der Waals surface area contributed by atoms with Crippen molar-refractivity contribution in [1.29, 1.82) is 0 Å². The first kappa shape index (κ1) is 6.43. The molecule has 0 radical (unpaired) electrons. The van der Waals surface area contributed by atoms with E-state index in [0.29, 0.717) is 5.44 Å². The maximum Gasteiger partial charge on any atom is 0.0999 e. The van der Waals surface area contributed by atoms with E-state index < -0.39 is 0 Å². The van der Waals surface area contributed by atoms with E-state index in [0.717, 1.165) is 12.5 Å². The highest BCUT2D eigenvalue weighted by atomic mass is 32.2. The molecule has 1 fully saturated rings. The van der Waals surface area contributed by atoms with Crippen LogP contribution in [0.3, 0.4) is 0 Å². The molecule has 2 heteroatoms. The Morgan fingerprint density at radius 1 is 1.50 bits per heavy atom. The lowest BCUT2D eigenvalue weighted by Gasteiger charge is -2.22. The second kappa shape index (κ2) is 2.74. The summed E-state index contributed by atoms with van der Waals surface area (Å²) in [5.41, 5.74) is 0.436. The molecular formula is C6H12OS. The maximum atomic E-state index is 5.35. The quantitative estimate of drug-likeness (QED) is 0.496. The molecule has 1 aliphatic rings. The summed E-state index contributed by atoms with van der Waals surface area (Å²) in [4.78, 5) is 0. The zero-order valence-electron chi connectivity index (χ0n) is 5.39. The van der Waals surface area contributed by atoms with E-state index in [2.05, 4.69) is 13.8 Å². The van der Waals surface area contributed by atoms with Gasteiger partial charge in [-0.15, -0.1) is 11.8 Å². The van der Waals surface area contributed by atoms with E-state index in [4.69, 9.17) is 4.74 Å². The molecular weight excluding hydrogens is 120 g/mol. The Bertz CT molecular complexity index is 56.9. The molecule has 1 nitrogen and oxygen atoms in total. The smallest absolute Gasteiger partial charge is 0.0999 e. The third kappa shape index (κ3) is 1.67. The maximum absolute atomic E-state index is 5.35. The van der Waals surface area contributed by atoms with Gasteiger partial charge in [0.15, 0.2) is 0 Å². The molecule has 0 amide bonds. The summed E-state index contributed by atoms with van der Waals surface area (Å²) < 4.78 is 5.35. The van der Waals surface area contributed by atoms with Crippen LogP contribution in [0.5, 0.6) is 0 Å². The van der Waals surface area contributed by atoms with Gasteiger partial charge < -0.3 is 4.74 Å². The largest absolute Gasteiger partial charge is 0.368 e. The van der Waals surface area contributed by atoms with Crippen LogP contribution < -0.4 is 0 Å². The van der Waals surface area contributed by atoms with E-state index in [1.54, 1.807) is 0 Å². The molecule has 48 valence electrons. The summed E-state index contributed by atoms with van der Waals surface area (Å²) in [6, 6.07) is 0. The molecule has 0 bridgehead atoms. The SMILES string of the molecule is CC1CO[C@H](C)SC1. The molecule has 0 saturated carbocycles. The normalized spacial score (nSPS) is 39.8. The van der Waals surface area contributed by atoms with Crippen LogP contribution in [0.15, 0.2) is 0 Å². The summed E-state index contributed by atoms with van der Waals surface area (Å²) in [6.45, 7) is 5.28. The number of thioether (sulfide) groups is 1. The van der Waals surface area contributed by atoms with Crippen molar-refractivity contribution >= 4 is 11.8 Å². The topological polar surface area (TPSA) is 9.23 Å². The van der Waals surface area contributed by atoms with Crippen molar-refractivity contribution in [2.75, 3.05) is 12.4 Å². The van der Waals surface area contributed by atoms with Crippen LogP contribution in [0.1, 0.15) is 13.8 Å². The lowest BCUT2D eigenvalue weighted by molar-refractivity contribution is 0.0915. The third-order valence-electron chi connectivity index (χ3n) is 1.23. The van der Waals surface area contributed by atoms with Gasteiger partial charge in [0, 0.05) is 5.75 Å². The average molecular weight is 132 g/mol. The molecule has 1 saturated heterocycles. The van der Waals surface area contributed by atoms with E-state index in [1.807, 2.05) is 11.8 Å². The van der Waals surface area contributed by atoms with Crippen molar-refractivity contribution in [1.82, 2.24) is 0 Å². The van der Waals surface area contributed by atoms with Gasteiger partial charge in [0.05, 0.1) is 12.0 Å². The molecule has 0 aromatic heterocycles. The summed E-state index contributed by atoms with van der Waals surface area (Å²) in [5, 5.41) is 0. The Kier molecular flexibility index (Phi) is 2.20. The Morgan fingerprint density at radius 3 is 2.62 bits per heavy atom. The van der Waals surface area contributed by atoms with Crippen molar-refractivity contribution in [3.63, 3.8) is 0 Å². The number of hydrogen-bond donors (Lipinski definition) is 0. The van der Waals surface area contributed by atoms with Crippen LogP contribution in [0.2, 0.25) is 0 Å². The van der Waals surface area contributed by atoms with Gasteiger partial charge in [0.25, 0.3) is 0 Å². The zero-order valence-corrected chi connectivity index (χ0v) is 6.20. The number of rotatable bonds is 0. The average Bonchev–Trinajstić information content (AvgIpc) is 1.77. The predicted octanol–water partition coefficient (Wildman–Crippen LogP) is 1.73. The van der Waals surface area contributed by atoms with Gasteiger partial charge in [-0.1, -0.05) is 6.92 Å². The minimum Gasteiger partial charge on any atom is -0.368 e. The Balaban J connectivity index is 2.19. The highest BCUT2D eigenvalue weighted by molar-refractivity contribution is 7.99. The standard InChI is InChI=1S/C6H12OS/c1-5-3-7-6(2)8-4-5/h5-6H,3-4H2,1-2H3/t5?,6-/m0/s1. The predicted molar refractivity (Wildman–Crippen MR) is 37.0 cm³/mol.